The van der Waals surface area contributed by atoms with Gasteiger partial charge < -0.3 is 0 Å². The highest BCUT2D eigenvalue weighted by molar-refractivity contribution is 7.25. The molecule has 1 heterocycles. The third kappa shape index (κ3) is 2.81. The summed E-state index contributed by atoms with van der Waals surface area (Å²) in [4.78, 5) is 0. The minimum absolute atomic E-state index is 0.971. The second kappa shape index (κ2) is 6.44. The van der Waals surface area contributed by atoms with Crippen LogP contribution in [-0.2, 0) is 6.42 Å². The number of rotatable bonds is 3. The summed E-state index contributed by atoms with van der Waals surface area (Å²) in [6.07, 6.45) is 0.971. The molecule has 0 aliphatic heterocycles. The Kier molecular flexibility index (Phi) is 3.80. The molecule has 26 heavy (non-hydrogen) atoms. The van der Waals surface area contributed by atoms with Crippen LogP contribution in [0.15, 0.2) is 97.1 Å². The van der Waals surface area contributed by atoms with Gasteiger partial charge in [-0.1, -0.05) is 84.9 Å². The molecule has 0 saturated carbocycles. The van der Waals surface area contributed by atoms with Crippen LogP contribution in [0.5, 0.6) is 0 Å². The molecule has 0 radical (unpaired) electrons. The average Bonchev–Trinajstić information content (AvgIpc) is 3.07. The van der Waals surface area contributed by atoms with Crippen LogP contribution in [0.2, 0.25) is 0 Å². The van der Waals surface area contributed by atoms with Crippen molar-refractivity contribution in [1.29, 1.82) is 0 Å². The number of hydrogen-bond acceptors (Lipinski definition) is 1. The lowest BCUT2D eigenvalue weighted by Crippen LogP contribution is -1.88. The molecule has 0 saturated heterocycles. The lowest BCUT2D eigenvalue weighted by molar-refractivity contribution is 1.20. The van der Waals surface area contributed by atoms with Gasteiger partial charge in [-0.15, -0.1) is 11.3 Å². The van der Waals surface area contributed by atoms with Gasteiger partial charge in [0.2, 0.25) is 0 Å². The van der Waals surface area contributed by atoms with Crippen molar-refractivity contribution >= 4 is 31.5 Å². The van der Waals surface area contributed by atoms with Crippen molar-refractivity contribution in [1.82, 2.24) is 0 Å². The Bertz CT molecular complexity index is 1180. The zero-order chi connectivity index (χ0) is 17.3. The molecular weight excluding hydrogens is 332 g/mol. The van der Waals surface area contributed by atoms with Crippen LogP contribution in [-0.4, -0.2) is 0 Å². The Labute approximate surface area is 157 Å². The molecule has 0 fully saturated rings. The first kappa shape index (κ1) is 15.4. The summed E-state index contributed by atoms with van der Waals surface area (Å²) in [5.74, 6) is 0. The maximum absolute atomic E-state index is 2.35. The van der Waals surface area contributed by atoms with E-state index in [-0.39, 0.29) is 0 Å². The zero-order valence-electron chi connectivity index (χ0n) is 14.4. The van der Waals surface area contributed by atoms with E-state index in [2.05, 4.69) is 97.1 Å². The predicted molar refractivity (Wildman–Crippen MR) is 114 cm³/mol. The Hall–Kier alpha value is -2.90. The van der Waals surface area contributed by atoms with Crippen molar-refractivity contribution < 1.29 is 0 Å². The van der Waals surface area contributed by atoms with Crippen LogP contribution in [0, 0.1) is 0 Å². The summed E-state index contributed by atoms with van der Waals surface area (Å²) in [7, 11) is 0. The highest BCUT2D eigenvalue weighted by Gasteiger charge is 2.06. The van der Waals surface area contributed by atoms with Crippen molar-refractivity contribution in [2.45, 2.75) is 6.42 Å². The summed E-state index contributed by atoms with van der Waals surface area (Å²) in [5.41, 5.74) is 5.27. The van der Waals surface area contributed by atoms with Crippen molar-refractivity contribution in [2.24, 2.45) is 0 Å². The lowest BCUT2D eigenvalue weighted by Gasteiger charge is -2.05. The quantitative estimate of drug-likeness (QED) is 0.320. The molecule has 124 valence electrons. The van der Waals surface area contributed by atoms with Gasteiger partial charge in [0.15, 0.2) is 0 Å². The van der Waals surface area contributed by atoms with Gasteiger partial charge in [-0.3, -0.25) is 0 Å². The van der Waals surface area contributed by atoms with Gasteiger partial charge in [0.05, 0.1) is 0 Å². The Morgan fingerprint density at radius 3 is 2.00 bits per heavy atom. The Morgan fingerprint density at radius 1 is 0.500 bits per heavy atom. The number of fused-ring (bicyclic) bond motifs is 3. The fourth-order valence-electron chi connectivity index (χ4n) is 3.56. The molecule has 1 heteroatoms. The van der Waals surface area contributed by atoms with Gasteiger partial charge in [0.1, 0.15) is 0 Å². The second-order valence-corrected chi connectivity index (χ2v) is 7.75. The van der Waals surface area contributed by atoms with Crippen LogP contribution >= 0.6 is 11.3 Å². The smallest absolute Gasteiger partial charge is 0.0358 e. The topological polar surface area (TPSA) is 0 Å². The van der Waals surface area contributed by atoms with Crippen LogP contribution in [0.3, 0.4) is 0 Å². The molecule has 0 N–H and O–H groups in total. The van der Waals surface area contributed by atoms with Crippen molar-refractivity contribution in [3.63, 3.8) is 0 Å². The summed E-state index contributed by atoms with van der Waals surface area (Å²) >= 11 is 1.89. The summed E-state index contributed by atoms with van der Waals surface area (Å²) in [5, 5.41) is 2.74. The molecule has 0 aliphatic rings. The molecule has 0 aliphatic carbocycles. The van der Waals surface area contributed by atoms with E-state index in [9.17, 15) is 0 Å². The van der Waals surface area contributed by atoms with Gasteiger partial charge in [-0.05, 0) is 40.8 Å². The molecule has 4 aromatic carbocycles. The maximum Gasteiger partial charge on any atom is 0.0358 e. The molecule has 1 aromatic heterocycles. The molecule has 0 atom stereocenters. The van der Waals surface area contributed by atoms with E-state index in [1.54, 1.807) is 0 Å². The standard InChI is InChI=1S/C25H18S/c1-2-6-20(7-3-1)21-13-10-18(11-14-21)16-19-12-15-23-22-8-4-5-9-24(22)26-25(23)17-19/h1-15,17H,16H2. The highest BCUT2D eigenvalue weighted by Crippen LogP contribution is 2.34. The van der Waals surface area contributed by atoms with Crippen LogP contribution < -0.4 is 0 Å². The average molecular weight is 350 g/mol. The third-order valence-electron chi connectivity index (χ3n) is 4.91. The number of thiophene rings is 1. The van der Waals surface area contributed by atoms with E-state index >= 15 is 0 Å². The normalized spacial score (nSPS) is 11.2. The SMILES string of the molecule is c1ccc(-c2ccc(Cc3ccc4c(c3)sc3ccccc34)cc2)cc1. The first-order valence-corrected chi connectivity index (χ1v) is 9.73. The molecule has 5 aromatic rings. The molecular formula is C25H18S. The zero-order valence-corrected chi connectivity index (χ0v) is 15.2. The van der Waals surface area contributed by atoms with E-state index in [0.29, 0.717) is 0 Å². The predicted octanol–water partition coefficient (Wildman–Crippen LogP) is 7.31. The van der Waals surface area contributed by atoms with Gasteiger partial charge in [0.25, 0.3) is 0 Å². The van der Waals surface area contributed by atoms with Crippen molar-refractivity contribution in [3.05, 3.63) is 108 Å². The van der Waals surface area contributed by atoms with Crippen molar-refractivity contribution in [2.75, 3.05) is 0 Å². The van der Waals surface area contributed by atoms with Crippen LogP contribution in [0.1, 0.15) is 11.1 Å². The number of benzene rings is 4. The van der Waals surface area contributed by atoms with Crippen LogP contribution in [0.25, 0.3) is 31.3 Å². The Morgan fingerprint density at radius 2 is 1.15 bits per heavy atom. The molecule has 0 amide bonds. The maximum atomic E-state index is 2.35. The van der Waals surface area contributed by atoms with Gasteiger partial charge in [-0.25, -0.2) is 0 Å². The molecule has 0 bridgehead atoms. The van der Waals surface area contributed by atoms with Gasteiger partial charge in [0, 0.05) is 20.2 Å². The summed E-state index contributed by atoms with van der Waals surface area (Å²) in [6.45, 7) is 0. The van der Waals surface area contributed by atoms with Gasteiger partial charge in [-0.2, -0.15) is 0 Å². The first-order chi connectivity index (χ1) is 12.9. The van der Waals surface area contributed by atoms with E-state index < -0.39 is 0 Å². The number of hydrogen-bond donors (Lipinski definition) is 0. The molecule has 0 unspecified atom stereocenters. The largest absolute Gasteiger partial charge is 0.135 e. The minimum atomic E-state index is 0.971. The molecule has 5 rings (SSSR count). The monoisotopic (exact) mass is 350 g/mol. The van der Waals surface area contributed by atoms with Crippen LogP contribution in [0.4, 0.5) is 0 Å². The van der Waals surface area contributed by atoms with E-state index in [1.165, 1.54) is 42.4 Å². The van der Waals surface area contributed by atoms with E-state index in [0.717, 1.165) is 6.42 Å². The second-order valence-electron chi connectivity index (χ2n) is 6.67. The summed E-state index contributed by atoms with van der Waals surface area (Å²) < 4.78 is 2.75. The Balaban J connectivity index is 1.44. The first-order valence-electron chi connectivity index (χ1n) is 8.91. The molecule has 0 nitrogen and oxygen atoms in total. The summed E-state index contributed by atoms with van der Waals surface area (Å²) in [6, 6.07) is 35.1. The van der Waals surface area contributed by atoms with E-state index in [1.807, 2.05) is 11.3 Å². The minimum Gasteiger partial charge on any atom is -0.135 e. The highest BCUT2D eigenvalue weighted by atomic mass is 32.1. The fourth-order valence-corrected chi connectivity index (χ4v) is 4.73. The van der Waals surface area contributed by atoms with Crippen molar-refractivity contribution in [3.8, 4) is 11.1 Å². The third-order valence-corrected chi connectivity index (χ3v) is 6.05. The van der Waals surface area contributed by atoms with Gasteiger partial charge >= 0.3 is 0 Å². The van der Waals surface area contributed by atoms with E-state index in [4.69, 9.17) is 0 Å². The fraction of sp³-hybridized carbons (Fsp3) is 0.0400. The molecule has 0 spiro atoms. The lowest BCUT2D eigenvalue weighted by atomic mass is 10.00.